The van der Waals surface area contributed by atoms with Crippen LogP contribution in [0, 0.1) is 15.9 Å². The molecule has 0 aromatic heterocycles. The van der Waals surface area contributed by atoms with E-state index in [1.54, 1.807) is 24.3 Å². The first-order valence-electron chi connectivity index (χ1n) is 5.81. The number of non-ortho nitro benzene ring substituents is 1. The maximum atomic E-state index is 13.7. The van der Waals surface area contributed by atoms with E-state index in [-0.39, 0.29) is 18.0 Å². The fourth-order valence-corrected chi connectivity index (χ4v) is 2.13. The Morgan fingerprint density at radius 2 is 1.90 bits per heavy atom. The third-order valence-electron chi connectivity index (χ3n) is 2.72. The Hall–Kier alpha value is -1.95. The van der Waals surface area contributed by atoms with Gasteiger partial charge >= 0.3 is 0 Å². The van der Waals surface area contributed by atoms with Crippen LogP contribution in [0.1, 0.15) is 11.1 Å². The minimum absolute atomic E-state index is 0.0146. The molecule has 0 radical (unpaired) electrons. The monoisotopic (exact) mass is 339 g/mol. The number of halogens is 2. The topological polar surface area (TPSA) is 52.4 Å². The van der Waals surface area contributed by atoms with Crippen LogP contribution in [0.4, 0.5) is 10.1 Å². The molecule has 104 valence electrons. The molecule has 4 nitrogen and oxygen atoms in total. The highest BCUT2D eigenvalue weighted by Gasteiger charge is 2.10. The molecule has 0 amide bonds. The van der Waals surface area contributed by atoms with E-state index >= 15 is 0 Å². The fourth-order valence-electron chi connectivity index (χ4n) is 1.69. The predicted octanol–water partition coefficient (Wildman–Crippen LogP) is 4.21. The number of hydrogen-bond donors (Lipinski definition) is 0. The van der Waals surface area contributed by atoms with Crippen LogP contribution >= 0.6 is 15.9 Å². The van der Waals surface area contributed by atoms with Gasteiger partial charge in [0, 0.05) is 23.0 Å². The molecule has 0 saturated carbocycles. The largest absolute Gasteiger partial charge is 0.486 e. The Kier molecular flexibility index (Phi) is 4.68. The van der Waals surface area contributed by atoms with Crippen LogP contribution in [0.2, 0.25) is 0 Å². The van der Waals surface area contributed by atoms with E-state index in [4.69, 9.17) is 4.74 Å². The van der Waals surface area contributed by atoms with Crippen molar-refractivity contribution in [3.63, 3.8) is 0 Å². The lowest BCUT2D eigenvalue weighted by molar-refractivity contribution is -0.384. The van der Waals surface area contributed by atoms with Gasteiger partial charge in [-0.15, -0.1) is 0 Å². The molecule has 0 spiro atoms. The van der Waals surface area contributed by atoms with Crippen molar-refractivity contribution < 1.29 is 14.1 Å². The summed E-state index contributed by atoms with van der Waals surface area (Å²) < 4.78 is 19.1. The van der Waals surface area contributed by atoms with Crippen LogP contribution in [-0.4, -0.2) is 4.92 Å². The second kappa shape index (κ2) is 6.47. The second-order valence-corrected chi connectivity index (χ2v) is 4.63. The molecule has 0 heterocycles. The number of nitro benzene ring substituents is 1. The number of hydrogen-bond acceptors (Lipinski definition) is 3. The SMILES string of the molecule is O=[N+]([O-])c1ccc(COc2c(F)cccc2CBr)cc1. The Labute approximate surface area is 123 Å². The van der Waals surface area contributed by atoms with Crippen molar-refractivity contribution >= 4 is 21.6 Å². The predicted molar refractivity (Wildman–Crippen MR) is 76.5 cm³/mol. The molecule has 0 fully saturated rings. The average Bonchev–Trinajstić information content (AvgIpc) is 2.46. The first-order valence-corrected chi connectivity index (χ1v) is 6.93. The summed E-state index contributed by atoms with van der Waals surface area (Å²) in [4.78, 5) is 10.1. The molecule has 0 aliphatic carbocycles. The summed E-state index contributed by atoms with van der Waals surface area (Å²) in [5.41, 5.74) is 1.46. The van der Waals surface area contributed by atoms with Crippen molar-refractivity contribution in [2.45, 2.75) is 11.9 Å². The van der Waals surface area contributed by atoms with E-state index in [1.165, 1.54) is 18.2 Å². The van der Waals surface area contributed by atoms with Crippen LogP contribution < -0.4 is 4.74 Å². The minimum atomic E-state index is -0.468. The molecule has 0 atom stereocenters. The summed E-state index contributed by atoms with van der Waals surface area (Å²) in [5, 5.41) is 11.0. The number of rotatable bonds is 5. The number of benzene rings is 2. The first kappa shape index (κ1) is 14.5. The highest BCUT2D eigenvalue weighted by molar-refractivity contribution is 9.08. The normalized spacial score (nSPS) is 10.3. The number of nitrogens with zero attached hydrogens (tertiary/aromatic N) is 1. The van der Waals surface area contributed by atoms with Crippen molar-refractivity contribution in [3.05, 3.63) is 69.5 Å². The molecule has 2 aromatic carbocycles. The van der Waals surface area contributed by atoms with Crippen LogP contribution in [0.25, 0.3) is 0 Å². The van der Waals surface area contributed by atoms with Gasteiger partial charge < -0.3 is 4.74 Å². The smallest absolute Gasteiger partial charge is 0.269 e. The van der Waals surface area contributed by atoms with E-state index in [0.29, 0.717) is 10.9 Å². The molecule has 0 N–H and O–H groups in total. The van der Waals surface area contributed by atoms with E-state index in [9.17, 15) is 14.5 Å². The zero-order chi connectivity index (χ0) is 14.5. The summed E-state index contributed by atoms with van der Waals surface area (Å²) in [6.07, 6.45) is 0. The second-order valence-electron chi connectivity index (χ2n) is 4.07. The third-order valence-corrected chi connectivity index (χ3v) is 3.33. The van der Waals surface area contributed by atoms with E-state index in [1.807, 2.05) is 0 Å². The summed E-state index contributed by atoms with van der Waals surface area (Å²) in [6, 6.07) is 10.7. The van der Waals surface area contributed by atoms with Crippen molar-refractivity contribution in [2.75, 3.05) is 0 Å². The van der Waals surface area contributed by atoms with Gasteiger partial charge in [-0.3, -0.25) is 10.1 Å². The Morgan fingerprint density at radius 3 is 2.50 bits per heavy atom. The van der Waals surface area contributed by atoms with Gasteiger partial charge in [-0.25, -0.2) is 4.39 Å². The molecule has 0 unspecified atom stereocenters. The fraction of sp³-hybridized carbons (Fsp3) is 0.143. The van der Waals surface area contributed by atoms with E-state index < -0.39 is 10.7 Å². The Bertz CT molecular complexity index is 616. The molecule has 6 heteroatoms. The number of ether oxygens (including phenoxy) is 1. The summed E-state index contributed by atoms with van der Waals surface area (Å²) in [7, 11) is 0. The number of nitro groups is 1. The molecule has 2 rings (SSSR count). The quantitative estimate of drug-likeness (QED) is 0.465. The maximum Gasteiger partial charge on any atom is 0.269 e. The summed E-state index contributed by atoms with van der Waals surface area (Å²) in [5.74, 6) is -0.230. The van der Waals surface area contributed by atoms with Gasteiger partial charge in [0.2, 0.25) is 0 Å². The van der Waals surface area contributed by atoms with Crippen LogP contribution in [0.15, 0.2) is 42.5 Å². The van der Waals surface area contributed by atoms with Crippen molar-refractivity contribution in [2.24, 2.45) is 0 Å². The molecule has 0 aliphatic heterocycles. The molecule has 20 heavy (non-hydrogen) atoms. The van der Waals surface area contributed by atoms with E-state index in [0.717, 1.165) is 5.56 Å². The van der Waals surface area contributed by atoms with Gasteiger partial charge in [-0.05, 0) is 23.8 Å². The van der Waals surface area contributed by atoms with Crippen LogP contribution in [0.3, 0.4) is 0 Å². The van der Waals surface area contributed by atoms with Gasteiger partial charge in [0.25, 0.3) is 5.69 Å². The third kappa shape index (κ3) is 3.33. The standard InChI is InChI=1S/C14H11BrFNO3/c15-8-11-2-1-3-13(16)14(11)20-9-10-4-6-12(7-5-10)17(18)19/h1-7H,8-9H2. The Morgan fingerprint density at radius 1 is 1.20 bits per heavy atom. The zero-order valence-electron chi connectivity index (χ0n) is 10.4. The van der Waals surface area contributed by atoms with Crippen LogP contribution in [0.5, 0.6) is 5.75 Å². The first-order chi connectivity index (χ1) is 9.61. The highest BCUT2D eigenvalue weighted by atomic mass is 79.9. The average molecular weight is 340 g/mol. The van der Waals surface area contributed by atoms with Crippen molar-refractivity contribution in [3.8, 4) is 5.75 Å². The molecule has 2 aromatic rings. The summed E-state index contributed by atoms with van der Waals surface area (Å²) in [6.45, 7) is 0.152. The molecule has 0 saturated heterocycles. The van der Waals surface area contributed by atoms with Gasteiger partial charge in [-0.1, -0.05) is 28.1 Å². The minimum Gasteiger partial charge on any atom is -0.486 e. The van der Waals surface area contributed by atoms with E-state index in [2.05, 4.69) is 15.9 Å². The summed E-state index contributed by atoms with van der Waals surface area (Å²) >= 11 is 3.27. The molecule has 0 bridgehead atoms. The van der Waals surface area contributed by atoms with Crippen molar-refractivity contribution in [1.29, 1.82) is 0 Å². The number of alkyl halides is 1. The van der Waals surface area contributed by atoms with Gasteiger partial charge in [0.15, 0.2) is 11.6 Å². The lowest BCUT2D eigenvalue weighted by Gasteiger charge is -2.10. The van der Waals surface area contributed by atoms with Gasteiger partial charge in [0.1, 0.15) is 6.61 Å². The molecular weight excluding hydrogens is 329 g/mol. The van der Waals surface area contributed by atoms with Crippen molar-refractivity contribution in [1.82, 2.24) is 0 Å². The lowest BCUT2D eigenvalue weighted by atomic mass is 10.2. The molecule has 0 aliphatic rings. The number of para-hydroxylation sites is 1. The van der Waals surface area contributed by atoms with Crippen LogP contribution in [-0.2, 0) is 11.9 Å². The van der Waals surface area contributed by atoms with Gasteiger partial charge in [-0.2, -0.15) is 0 Å². The van der Waals surface area contributed by atoms with Gasteiger partial charge in [0.05, 0.1) is 4.92 Å². The maximum absolute atomic E-state index is 13.7. The Balaban J connectivity index is 2.11. The lowest BCUT2D eigenvalue weighted by Crippen LogP contribution is -2.00. The highest BCUT2D eigenvalue weighted by Crippen LogP contribution is 2.25. The molecular formula is C14H11BrFNO3. The zero-order valence-corrected chi connectivity index (χ0v) is 12.0.